The first-order valence-electron chi connectivity index (χ1n) is 19.9. The van der Waals surface area contributed by atoms with Crippen LogP contribution in [0.2, 0.25) is 0 Å². The van der Waals surface area contributed by atoms with Crippen LogP contribution in [0.4, 0.5) is 0 Å². The second kappa shape index (κ2) is 12.3. The minimum Gasteiger partial charge on any atom is -0.135 e. The van der Waals surface area contributed by atoms with E-state index < -0.39 is 0 Å². The molecule has 0 aliphatic carbocycles. The zero-order valence-corrected chi connectivity index (χ0v) is 32.9. The van der Waals surface area contributed by atoms with Crippen molar-refractivity contribution in [2.24, 2.45) is 0 Å². The van der Waals surface area contributed by atoms with Gasteiger partial charge in [-0.2, -0.15) is 0 Å². The summed E-state index contributed by atoms with van der Waals surface area (Å²) >= 11 is 3.82. The van der Waals surface area contributed by atoms with Crippen LogP contribution < -0.4 is 0 Å². The lowest BCUT2D eigenvalue weighted by atomic mass is 9.83. The molecule has 0 spiro atoms. The predicted molar refractivity (Wildman–Crippen MR) is 256 cm³/mol. The summed E-state index contributed by atoms with van der Waals surface area (Å²) < 4.78 is 5.39. The molecule has 0 unspecified atom stereocenters. The van der Waals surface area contributed by atoms with Crippen LogP contribution in [-0.4, -0.2) is 0 Å². The van der Waals surface area contributed by atoms with Crippen molar-refractivity contribution >= 4 is 117 Å². The summed E-state index contributed by atoms with van der Waals surface area (Å²) in [5.74, 6) is 0. The SMILES string of the molecule is c1ccc2cc(-c3c4ccccc4c(-c4ccc(-c5cc6sc7cc8sc9ccccc9c8cc7c6c6ccccc56)c5ccccc45)c4ccccc34)ccc2c1. The molecule has 0 aliphatic rings. The number of rotatable bonds is 3. The van der Waals surface area contributed by atoms with Gasteiger partial charge in [-0.05, 0) is 118 Å². The molecule has 0 nitrogen and oxygen atoms in total. The van der Waals surface area contributed by atoms with Crippen molar-refractivity contribution in [2.45, 2.75) is 0 Å². The van der Waals surface area contributed by atoms with Crippen molar-refractivity contribution in [3.05, 3.63) is 194 Å². The molecule has 58 heavy (non-hydrogen) atoms. The Morgan fingerprint density at radius 3 is 1.48 bits per heavy atom. The van der Waals surface area contributed by atoms with Gasteiger partial charge in [-0.3, -0.25) is 0 Å². The molecule has 0 aliphatic heterocycles. The monoisotopic (exact) mass is 768 g/mol. The van der Waals surface area contributed by atoms with Gasteiger partial charge < -0.3 is 0 Å². The lowest BCUT2D eigenvalue weighted by molar-refractivity contribution is 1.67. The van der Waals surface area contributed by atoms with E-state index in [-0.39, 0.29) is 0 Å². The Morgan fingerprint density at radius 2 is 0.759 bits per heavy atom. The summed E-state index contributed by atoms with van der Waals surface area (Å²) in [7, 11) is 0. The highest BCUT2D eigenvalue weighted by Crippen LogP contribution is 2.50. The second-order valence-electron chi connectivity index (χ2n) is 15.5. The Balaban J connectivity index is 1.06. The van der Waals surface area contributed by atoms with Gasteiger partial charge in [-0.15, -0.1) is 22.7 Å². The lowest BCUT2D eigenvalue weighted by Crippen LogP contribution is -1.93. The van der Waals surface area contributed by atoms with E-state index in [9.17, 15) is 0 Å². The molecule has 11 aromatic carbocycles. The molecule has 0 bridgehead atoms. The maximum Gasteiger partial charge on any atom is 0.0370 e. The molecule has 13 rings (SSSR count). The highest BCUT2D eigenvalue weighted by atomic mass is 32.1. The summed E-state index contributed by atoms with van der Waals surface area (Å²) in [5.41, 5.74) is 7.63. The summed E-state index contributed by atoms with van der Waals surface area (Å²) in [6.45, 7) is 0. The minimum absolute atomic E-state index is 1.24. The zero-order valence-electron chi connectivity index (χ0n) is 31.3. The molecular formula is C56H32S2. The molecule has 0 N–H and O–H groups in total. The average molecular weight is 769 g/mol. The van der Waals surface area contributed by atoms with Crippen LogP contribution in [0, 0.1) is 0 Å². The summed E-state index contributed by atoms with van der Waals surface area (Å²) in [5, 5.41) is 18.2. The van der Waals surface area contributed by atoms with Gasteiger partial charge >= 0.3 is 0 Å². The molecule has 0 saturated carbocycles. The number of hydrogen-bond acceptors (Lipinski definition) is 2. The van der Waals surface area contributed by atoms with Gasteiger partial charge in [-0.25, -0.2) is 0 Å². The van der Waals surface area contributed by atoms with E-state index in [4.69, 9.17) is 0 Å². The van der Waals surface area contributed by atoms with Gasteiger partial charge in [0.2, 0.25) is 0 Å². The normalized spacial score (nSPS) is 12.1. The highest BCUT2D eigenvalue weighted by Gasteiger charge is 2.21. The fraction of sp³-hybridized carbons (Fsp3) is 0. The van der Waals surface area contributed by atoms with E-state index in [1.54, 1.807) is 0 Å². The van der Waals surface area contributed by atoms with E-state index in [0.717, 1.165) is 0 Å². The molecule has 0 radical (unpaired) electrons. The molecule has 2 heterocycles. The molecule has 0 fully saturated rings. The maximum absolute atomic E-state index is 2.47. The smallest absolute Gasteiger partial charge is 0.0370 e. The number of thiophene rings is 2. The van der Waals surface area contributed by atoms with Gasteiger partial charge in [0, 0.05) is 40.3 Å². The zero-order chi connectivity index (χ0) is 37.9. The first-order valence-corrected chi connectivity index (χ1v) is 21.5. The van der Waals surface area contributed by atoms with Crippen LogP contribution in [0.25, 0.3) is 128 Å². The second-order valence-corrected chi connectivity index (χ2v) is 17.7. The first-order chi connectivity index (χ1) is 28.8. The van der Waals surface area contributed by atoms with E-state index in [2.05, 4.69) is 194 Å². The average Bonchev–Trinajstić information content (AvgIpc) is 3.84. The van der Waals surface area contributed by atoms with Crippen LogP contribution in [0.15, 0.2) is 194 Å². The first kappa shape index (κ1) is 32.3. The van der Waals surface area contributed by atoms with E-state index in [1.165, 1.54) is 128 Å². The molecule has 13 aromatic rings. The van der Waals surface area contributed by atoms with Gasteiger partial charge in [0.25, 0.3) is 0 Å². The highest BCUT2D eigenvalue weighted by molar-refractivity contribution is 7.28. The standard InChI is InChI=1S/C56H32S2/c1-2-14-34-29-35(26-25-33(34)13-1)54-42-20-7-9-22-44(42)55(45-23-10-8-21-43(45)54)46-28-27-39(36-15-3-4-16-37(36)46)47-31-53-56(41-19-6-5-17-38(41)47)49-30-48-40-18-11-12-24-50(40)57-51(48)32-52(49)58-53/h1-32H. The maximum atomic E-state index is 2.47. The Kier molecular flexibility index (Phi) is 6.86. The fourth-order valence-electron chi connectivity index (χ4n) is 9.91. The van der Waals surface area contributed by atoms with Crippen molar-refractivity contribution in [3.8, 4) is 33.4 Å². The largest absolute Gasteiger partial charge is 0.135 e. The van der Waals surface area contributed by atoms with Crippen LogP contribution >= 0.6 is 22.7 Å². The van der Waals surface area contributed by atoms with Crippen LogP contribution in [0.3, 0.4) is 0 Å². The number of fused-ring (bicyclic) bond motifs is 12. The van der Waals surface area contributed by atoms with Crippen molar-refractivity contribution in [2.75, 3.05) is 0 Å². The summed E-state index contributed by atoms with van der Waals surface area (Å²) in [4.78, 5) is 0. The van der Waals surface area contributed by atoms with E-state index >= 15 is 0 Å². The molecular weight excluding hydrogens is 737 g/mol. The molecule has 2 aromatic heterocycles. The Morgan fingerprint density at radius 1 is 0.241 bits per heavy atom. The Bertz CT molecular complexity index is 3800. The lowest BCUT2D eigenvalue weighted by Gasteiger charge is -2.20. The molecule has 268 valence electrons. The van der Waals surface area contributed by atoms with Crippen LogP contribution in [0.1, 0.15) is 0 Å². The third-order valence-electron chi connectivity index (χ3n) is 12.4. The topological polar surface area (TPSA) is 0 Å². The molecule has 0 amide bonds. The van der Waals surface area contributed by atoms with Crippen molar-refractivity contribution in [1.29, 1.82) is 0 Å². The molecule has 0 saturated heterocycles. The predicted octanol–water partition coefficient (Wildman–Crippen LogP) is 17.2. The van der Waals surface area contributed by atoms with Crippen molar-refractivity contribution in [3.63, 3.8) is 0 Å². The quantitative estimate of drug-likeness (QED) is 0.157. The Hall–Kier alpha value is -6.84. The summed E-state index contributed by atoms with van der Waals surface area (Å²) in [6, 6.07) is 72.7. The summed E-state index contributed by atoms with van der Waals surface area (Å²) in [6.07, 6.45) is 0. The number of hydrogen-bond donors (Lipinski definition) is 0. The van der Waals surface area contributed by atoms with Crippen molar-refractivity contribution < 1.29 is 0 Å². The third-order valence-corrected chi connectivity index (χ3v) is 14.7. The van der Waals surface area contributed by atoms with Crippen molar-refractivity contribution in [1.82, 2.24) is 0 Å². The van der Waals surface area contributed by atoms with E-state index in [0.29, 0.717) is 0 Å². The van der Waals surface area contributed by atoms with Gasteiger partial charge in [-0.1, -0.05) is 164 Å². The Labute approximate surface area is 342 Å². The van der Waals surface area contributed by atoms with Crippen LogP contribution in [-0.2, 0) is 0 Å². The van der Waals surface area contributed by atoms with Gasteiger partial charge in [0.15, 0.2) is 0 Å². The third kappa shape index (κ3) is 4.62. The van der Waals surface area contributed by atoms with E-state index in [1.807, 2.05) is 22.7 Å². The fourth-order valence-corrected chi connectivity index (χ4v) is 12.3. The molecule has 0 atom stereocenters. The molecule has 2 heteroatoms. The van der Waals surface area contributed by atoms with Gasteiger partial charge in [0.05, 0.1) is 0 Å². The number of benzene rings is 11. The van der Waals surface area contributed by atoms with Gasteiger partial charge in [0.1, 0.15) is 0 Å². The van der Waals surface area contributed by atoms with Crippen LogP contribution in [0.5, 0.6) is 0 Å². The minimum atomic E-state index is 1.24.